The minimum atomic E-state index is -4.51. The fraction of sp³-hybridized carbons (Fsp3) is 0.318. The van der Waals surface area contributed by atoms with Gasteiger partial charge >= 0.3 is 12.1 Å². The Hall–Kier alpha value is -3.36. The maximum atomic E-state index is 12.7. The molecule has 2 rings (SSSR count). The van der Waals surface area contributed by atoms with Crippen LogP contribution in [0.1, 0.15) is 63.3 Å². The molecule has 0 atom stereocenters. The number of hydrogen-bond donors (Lipinski definition) is 2. The molecule has 2 aromatic carbocycles. The number of halogens is 3. The lowest BCUT2D eigenvalue weighted by molar-refractivity contribution is -0.137. The number of carbonyl (C=O) groups is 3. The van der Waals surface area contributed by atoms with Crippen LogP contribution in [0.2, 0.25) is 0 Å². The van der Waals surface area contributed by atoms with Gasteiger partial charge in [-0.15, -0.1) is 0 Å². The summed E-state index contributed by atoms with van der Waals surface area (Å²) in [4.78, 5) is 37.1. The van der Waals surface area contributed by atoms with E-state index < -0.39 is 23.6 Å². The van der Waals surface area contributed by atoms with Crippen LogP contribution in [0.15, 0.2) is 42.5 Å². The summed E-state index contributed by atoms with van der Waals surface area (Å²) in [5.74, 6) is -1.83. The van der Waals surface area contributed by atoms with Crippen molar-refractivity contribution in [3.05, 3.63) is 64.7 Å². The van der Waals surface area contributed by atoms with Gasteiger partial charge in [-0.25, -0.2) is 4.79 Å². The first-order valence-corrected chi connectivity index (χ1v) is 9.75. The zero-order valence-corrected chi connectivity index (χ0v) is 17.1. The van der Waals surface area contributed by atoms with Crippen molar-refractivity contribution in [1.82, 2.24) is 5.32 Å². The average molecular weight is 436 g/mol. The van der Waals surface area contributed by atoms with Crippen LogP contribution < -0.4 is 10.6 Å². The Kier molecular flexibility index (Phi) is 8.18. The fourth-order valence-electron chi connectivity index (χ4n) is 2.66. The van der Waals surface area contributed by atoms with E-state index in [-0.39, 0.29) is 34.9 Å². The molecule has 31 heavy (non-hydrogen) atoms. The summed E-state index contributed by atoms with van der Waals surface area (Å²) in [5, 5.41) is 5.22. The molecule has 0 aliphatic rings. The van der Waals surface area contributed by atoms with Crippen molar-refractivity contribution < 1.29 is 32.3 Å². The third-order valence-corrected chi connectivity index (χ3v) is 4.32. The number of amides is 2. The first kappa shape index (κ1) is 23.9. The van der Waals surface area contributed by atoms with Crippen LogP contribution in [0.5, 0.6) is 0 Å². The highest BCUT2D eigenvalue weighted by Gasteiger charge is 2.30. The Balaban J connectivity index is 2.26. The minimum absolute atomic E-state index is 0.0239. The van der Waals surface area contributed by atoms with Gasteiger partial charge in [-0.3, -0.25) is 9.59 Å². The van der Waals surface area contributed by atoms with Gasteiger partial charge in [0.1, 0.15) is 0 Å². The second-order valence-electron chi connectivity index (χ2n) is 6.62. The molecule has 2 N–H and O–H groups in total. The smallest absolute Gasteiger partial charge is 0.416 e. The number of rotatable bonds is 8. The molecule has 0 aliphatic carbocycles. The number of esters is 1. The number of anilines is 1. The monoisotopic (exact) mass is 436 g/mol. The predicted octanol–water partition coefficient (Wildman–Crippen LogP) is 4.66. The normalized spacial score (nSPS) is 11.0. The molecule has 0 aromatic heterocycles. The first-order chi connectivity index (χ1) is 14.7. The van der Waals surface area contributed by atoms with Crippen molar-refractivity contribution in [2.24, 2.45) is 0 Å². The van der Waals surface area contributed by atoms with E-state index in [1.807, 2.05) is 6.92 Å². The Morgan fingerprint density at radius 1 is 0.935 bits per heavy atom. The van der Waals surface area contributed by atoms with E-state index in [9.17, 15) is 27.6 Å². The topological polar surface area (TPSA) is 84.5 Å². The van der Waals surface area contributed by atoms with Gasteiger partial charge in [-0.1, -0.05) is 13.3 Å². The zero-order valence-electron chi connectivity index (χ0n) is 17.1. The van der Waals surface area contributed by atoms with Crippen LogP contribution in [-0.2, 0) is 10.9 Å². The van der Waals surface area contributed by atoms with Crippen LogP contribution in [0.25, 0.3) is 0 Å². The maximum absolute atomic E-state index is 12.7. The molecule has 0 aliphatic heterocycles. The highest BCUT2D eigenvalue weighted by atomic mass is 19.4. The Bertz CT molecular complexity index is 941. The third-order valence-electron chi connectivity index (χ3n) is 4.32. The lowest BCUT2D eigenvalue weighted by Crippen LogP contribution is -2.25. The van der Waals surface area contributed by atoms with Crippen LogP contribution >= 0.6 is 0 Å². The summed E-state index contributed by atoms with van der Waals surface area (Å²) < 4.78 is 43.1. The fourth-order valence-corrected chi connectivity index (χ4v) is 2.66. The highest BCUT2D eigenvalue weighted by Crippen LogP contribution is 2.29. The van der Waals surface area contributed by atoms with Crippen LogP contribution in [-0.4, -0.2) is 30.9 Å². The quantitative estimate of drug-likeness (QED) is 0.466. The van der Waals surface area contributed by atoms with Crippen molar-refractivity contribution >= 4 is 23.5 Å². The van der Waals surface area contributed by atoms with E-state index in [0.29, 0.717) is 6.54 Å². The number of benzene rings is 2. The minimum Gasteiger partial charge on any atom is -0.462 e. The zero-order chi connectivity index (χ0) is 23.0. The Labute approximate surface area is 177 Å². The number of hydrogen-bond acceptors (Lipinski definition) is 4. The number of ether oxygens (including phenoxy) is 1. The van der Waals surface area contributed by atoms with Gasteiger partial charge in [0.25, 0.3) is 11.8 Å². The van der Waals surface area contributed by atoms with Gasteiger partial charge in [0, 0.05) is 17.7 Å². The van der Waals surface area contributed by atoms with Gasteiger partial charge in [0.05, 0.1) is 23.4 Å². The van der Waals surface area contributed by atoms with E-state index in [1.54, 1.807) is 6.92 Å². The summed E-state index contributed by atoms with van der Waals surface area (Å²) in [6.07, 6.45) is -2.80. The van der Waals surface area contributed by atoms with Crippen molar-refractivity contribution in [2.75, 3.05) is 18.5 Å². The number of nitrogens with one attached hydrogen (secondary N) is 2. The van der Waals surface area contributed by atoms with Crippen molar-refractivity contribution in [3.8, 4) is 0 Å². The molecule has 0 spiro atoms. The highest BCUT2D eigenvalue weighted by molar-refractivity contribution is 6.09. The summed E-state index contributed by atoms with van der Waals surface area (Å²) in [6.45, 7) is 4.16. The summed E-state index contributed by atoms with van der Waals surface area (Å²) >= 11 is 0. The van der Waals surface area contributed by atoms with Crippen LogP contribution in [0.4, 0.5) is 18.9 Å². The Morgan fingerprint density at radius 3 is 2.16 bits per heavy atom. The molecule has 0 saturated carbocycles. The third kappa shape index (κ3) is 6.56. The van der Waals surface area contributed by atoms with Gasteiger partial charge in [0.2, 0.25) is 0 Å². The second kappa shape index (κ2) is 10.6. The average Bonchev–Trinajstić information content (AvgIpc) is 2.73. The van der Waals surface area contributed by atoms with E-state index in [4.69, 9.17) is 4.74 Å². The molecule has 9 heteroatoms. The predicted molar refractivity (Wildman–Crippen MR) is 109 cm³/mol. The van der Waals surface area contributed by atoms with E-state index >= 15 is 0 Å². The lowest BCUT2D eigenvalue weighted by Gasteiger charge is -2.13. The number of carbonyl (C=O) groups excluding carboxylic acids is 3. The summed E-state index contributed by atoms with van der Waals surface area (Å²) in [7, 11) is 0. The molecule has 2 aromatic rings. The molecule has 0 radical (unpaired) electrons. The standard InChI is InChI=1S/C22H23F3N2O4/c1-3-5-12-26-19(28)15-8-11-18(17(13-15)21(30)31-4-2)27-20(29)14-6-9-16(10-7-14)22(23,24)25/h6-11,13H,3-5,12H2,1-2H3,(H,26,28)(H,27,29). The van der Waals surface area contributed by atoms with Crippen LogP contribution in [0.3, 0.4) is 0 Å². The molecule has 0 bridgehead atoms. The van der Waals surface area contributed by atoms with Gasteiger partial charge in [0.15, 0.2) is 0 Å². The van der Waals surface area contributed by atoms with E-state index in [1.165, 1.54) is 18.2 Å². The molecule has 6 nitrogen and oxygen atoms in total. The molecule has 0 fully saturated rings. The molecule has 0 saturated heterocycles. The lowest BCUT2D eigenvalue weighted by atomic mass is 10.1. The number of unbranched alkanes of at least 4 members (excludes halogenated alkanes) is 1. The maximum Gasteiger partial charge on any atom is 0.416 e. The Morgan fingerprint density at radius 2 is 1.58 bits per heavy atom. The van der Waals surface area contributed by atoms with Crippen molar-refractivity contribution in [2.45, 2.75) is 32.9 Å². The van der Waals surface area contributed by atoms with Crippen molar-refractivity contribution in [3.63, 3.8) is 0 Å². The molecule has 0 unspecified atom stereocenters. The number of alkyl halides is 3. The SMILES string of the molecule is CCCCNC(=O)c1ccc(NC(=O)c2ccc(C(F)(F)F)cc2)c(C(=O)OCC)c1. The molecular formula is C22H23F3N2O4. The first-order valence-electron chi connectivity index (χ1n) is 9.75. The summed E-state index contributed by atoms with van der Waals surface area (Å²) in [6, 6.07) is 7.79. The van der Waals surface area contributed by atoms with Gasteiger partial charge in [-0.2, -0.15) is 13.2 Å². The van der Waals surface area contributed by atoms with E-state index in [2.05, 4.69) is 10.6 Å². The van der Waals surface area contributed by atoms with E-state index in [0.717, 1.165) is 37.1 Å². The molecule has 2 amide bonds. The van der Waals surface area contributed by atoms with Gasteiger partial charge in [-0.05, 0) is 55.8 Å². The largest absolute Gasteiger partial charge is 0.462 e. The molecule has 166 valence electrons. The summed E-state index contributed by atoms with van der Waals surface area (Å²) in [5.41, 5.74) is -0.649. The van der Waals surface area contributed by atoms with Crippen LogP contribution in [0, 0.1) is 0 Å². The van der Waals surface area contributed by atoms with Crippen molar-refractivity contribution in [1.29, 1.82) is 0 Å². The molecular weight excluding hydrogens is 413 g/mol. The molecule has 0 heterocycles. The second-order valence-corrected chi connectivity index (χ2v) is 6.62. The van der Waals surface area contributed by atoms with Gasteiger partial charge < -0.3 is 15.4 Å².